The molecule has 0 saturated carbocycles. The molecule has 5 nitrogen and oxygen atoms in total. The van der Waals surface area contributed by atoms with Gasteiger partial charge in [0.15, 0.2) is 11.5 Å². The van der Waals surface area contributed by atoms with Crippen molar-refractivity contribution >= 4 is 27.9 Å². The monoisotopic (exact) mass is 414 g/mol. The van der Waals surface area contributed by atoms with E-state index in [0.717, 1.165) is 5.56 Å². The molecule has 0 heterocycles. The molecule has 0 fully saturated rings. The molecule has 2 aromatic carbocycles. The highest BCUT2D eigenvalue weighted by atomic mass is 79.9. The number of nitrogens with zero attached hydrogens (tertiary/aromatic N) is 1. The number of amides is 1. The van der Waals surface area contributed by atoms with Gasteiger partial charge < -0.3 is 15.2 Å². The van der Waals surface area contributed by atoms with Crippen molar-refractivity contribution < 1.29 is 14.6 Å². The van der Waals surface area contributed by atoms with Crippen molar-refractivity contribution in [1.29, 1.82) is 5.26 Å². The van der Waals surface area contributed by atoms with E-state index < -0.39 is 5.91 Å². The predicted octanol–water partition coefficient (Wildman–Crippen LogP) is 4.34. The molecule has 0 bridgehead atoms. The number of hydrogen-bond acceptors (Lipinski definition) is 4. The van der Waals surface area contributed by atoms with Gasteiger partial charge in [0.05, 0.1) is 17.1 Å². The number of hydrogen-bond donors (Lipinski definition) is 2. The molecule has 0 aromatic heterocycles. The SMILES string of the molecule is CCOc1cc(/C=C(\C#N)C(=O)NC(C)c2ccccc2)cc(Br)c1O. The number of ether oxygens (including phenoxy) is 1. The van der Waals surface area contributed by atoms with Gasteiger partial charge in [0.25, 0.3) is 5.91 Å². The molecule has 26 heavy (non-hydrogen) atoms. The zero-order chi connectivity index (χ0) is 19.1. The van der Waals surface area contributed by atoms with Crippen LogP contribution >= 0.6 is 15.9 Å². The van der Waals surface area contributed by atoms with Crippen LogP contribution in [0.4, 0.5) is 0 Å². The summed E-state index contributed by atoms with van der Waals surface area (Å²) in [5.74, 6) is -0.209. The smallest absolute Gasteiger partial charge is 0.262 e. The number of phenols is 1. The summed E-state index contributed by atoms with van der Waals surface area (Å²) < 4.78 is 5.78. The molecule has 0 radical (unpaired) electrons. The molecular formula is C20H19BrN2O3. The van der Waals surface area contributed by atoms with Gasteiger partial charge in [-0.2, -0.15) is 5.26 Å². The van der Waals surface area contributed by atoms with Crippen molar-refractivity contribution in [2.75, 3.05) is 6.61 Å². The molecule has 2 aromatic rings. The summed E-state index contributed by atoms with van der Waals surface area (Å²) in [6.45, 7) is 4.04. The molecule has 0 aliphatic carbocycles. The molecule has 0 aliphatic rings. The number of carbonyl (C=O) groups is 1. The van der Waals surface area contributed by atoms with Crippen molar-refractivity contribution in [3.8, 4) is 17.6 Å². The lowest BCUT2D eigenvalue weighted by Gasteiger charge is -2.14. The van der Waals surface area contributed by atoms with E-state index in [4.69, 9.17) is 4.74 Å². The lowest BCUT2D eigenvalue weighted by molar-refractivity contribution is -0.117. The number of carbonyl (C=O) groups excluding carboxylic acids is 1. The van der Waals surface area contributed by atoms with Crippen LogP contribution in [0.3, 0.4) is 0 Å². The van der Waals surface area contributed by atoms with Gasteiger partial charge in [0.2, 0.25) is 0 Å². The average Bonchev–Trinajstić information content (AvgIpc) is 2.64. The number of rotatable bonds is 6. The Kier molecular flexibility index (Phi) is 6.81. The fraction of sp³-hybridized carbons (Fsp3) is 0.200. The highest BCUT2D eigenvalue weighted by Gasteiger charge is 2.15. The maximum atomic E-state index is 12.4. The van der Waals surface area contributed by atoms with Gasteiger partial charge >= 0.3 is 0 Å². The van der Waals surface area contributed by atoms with E-state index in [1.165, 1.54) is 6.08 Å². The largest absolute Gasteiger partial charge is 0.503 e. The second-order valence-electron chi connectivity index (χ2n) is 5.56. The lowest BCUT2D eigenvalue weighted by atomic mass is 10.1. The quantitative estimate of drug-likeness (QED) is 0.543. The van der Waals surface area contributed by atoms with E-state index in [0.29, 0.717) is 16.6 Å². The Labute approximate surface area is 161 Å². The Hall–Kier alpha value is -2.78. The Morgan fingerprint density at radius 1 is 1.38 bits per heavy atom. The van der Waals surface area contributed by atoms with Crippen LogP contribution in [-0.2, 0) is 4.79 Å². The van der Waals surface area contributed by atoms with Crippen LogP contribution in [0.2, 0.25) is 0 Å². The van der Waals surface area contributed by atoms with Crippen molar-refractivity contribution in [3.63, 3.8) is 0 Å². The van der Waals surface area contributed by atoms with Gasteiger partial charge in [-0.3, -0.25) is 4.79 Å². The number of benzene rings is 2. The predicted molar refractivity (Wildman–Crippen MR) is 104 cm³/mol. The minimum absolute atomic E-state index is 0.0235. The van der Waals surface area contributed by atoms with E-state index >= 15 is 0 Å². The molecule has 0 saturated heterocycles. The van der Waals surface area contributed by atoms with Crippen LogP contribution in [0.5, 0.6) is 11.5 Å². The van der Waals surface area contributed by atoms with E-state index in [1.807, 2.05) is 43.3 Å². The molecule has 1 unspecified atom stereocenters. The topological polar surface area (TPSA) is 82.3 Å². The van der Waals surface area contributed by atoms with E-state index in [1.54, 1.807) is 19.1 Å². The Bertz CT molecular complexity index is 857. The minimum atomic E-state index is -0.467. The first-order chi connectivity index (χ1) is 12.5. The highest BCUT2D eigenvalue weighted by Crippen LogP contribution is 2.36. The zero-order valence-corrected chi connectivity index (χ0v) is 16.1. The zero-order valence-electron chi connectivity index (χ0n) is 14.5. The van der Waals surface area contributed by atoms with Gasteiger partial charge in [-0.15, -0.1) is 0 Å². The molecule has 0 aliphatic heterocycles. The summed E-state index contributed by atoms with van der Waals surface area (Å²) in [4.78, 5) is 12.4. The summed E-state index contributed by atoms with van der Waals surface area (Å²) in [6, 6.07) is 14.4. The Morgan fingerprint density at radius 3 is 2.69 bits per heavy atom. The van der Waals surface area contributed by atoms with Crippen LogP contribution in [0.1, 0.15) is 31.0 Å². The lowest BCUT2D eigenvalue weighted by Crippen LogP contribution is -2.27. The standard InChI is InChI=1S/C20H19BrN2O3/c1-3-26-18-11-14(10-17(21)19(18)24)9-16(12-22)20(25)23-13(2)15-7-5-4-6-8-15/h4-11,13,24H,3H2,1-2H3,(H,23,25)/b16-9+. The molecule has 6 heteroatoms. The highest BCUT2D eigenvalue weighted by molar-refractivity contribution is 9.10. The third-order valence-electron chi connectivity index (χ3n) is 3.67. The van der Waals surface area contributed by atoms with Gasteiger partial charge in [-0.25, -0.2) is 0 Å². The second kappa shape index (κ2) is 9.07. The summed E-state index contributed by atoms with van der Waals surface area (Å²) in [5, 5.41) is 22.1. The second-order valence-corrected chi connectivity index (χ2v) is 6.41. The summed E-state index contributed by atoms with van der Waals surface area (Å²) in [5.41, 5.74) is 1.48. The Balaban J connectivity index is 2.24. The Morgan fingerprint density at radius 2 is 2.08 bits per heavy atom. The molecule has 2 rings (SSSR count). The van der Waals surface area contributed by atoms with Crippen molar-refractivity contribution in [1.82, 2.24) is 5.32 Å². The van der Waals surface area contributed by atoms with Crippen LogP contribution in [0.15, 0.2) is 52.5 Å². The van der Waals surface area contributed by atoms with Crippen molar-refractivity contribution in [3.05, 3.63) is 63.6 Å². The molecule has 134 valence electrons. The third-order valence-corrected chi connectivity index (χ3v) is 4.28. The van der Waals surface area contributed by atoms with Crippen molar-refractivity contribution in [2.45, 2.75) is 19.9 Å². The number of nitrogens with one attached hydrogen (secondary N) is 1. The number of phenolic OH excluding ortho intramolecular Hbond substituents is 1. The van der Waals surface area contributed by atoms with Crippen molar-refractivity contribution in [2.24, 2.45) is 0 Å². The number of halogens is 1. The van der Waals surface area contributed by atoms with E-state index in [9.17, 15) is 15.2 Å². The number of nitriles is 1. The molecular weight excluding hydrogens is 396 g/mol. The fourth-order valence-electron chi connectivity index (χ4n) is 2.36. The normalized spacial score (nSPS) is 12.2. The van der Waals surface area contributed by atoms with Crippen LogP contribution < -0.4 is 10.1 Å². The molecule has 0 spiro atoms. The van der Waals surface area contributed by atoms with Gasteiger partial charge in [-0.05, 0) is 59.1 Å². The maximum Gasteiger partial charge on any atom is 0.262 e. The maximum absolute atomic E-state index is 12.4. The first kappa shape index (κ1) is 19.5. The molecule has 2 N–H and O–H groups in total. The first-order valence-corrected chi connectivity index (χ1v) is 8.88. The van der Waals surface area contributed by atoms with E-state index in [-0.39, 0.29) is 23.1 Å². The first-order valence-electron chi connectivity index (χ1n) is 8.09. The van der Waals surface area contributed by atoms with Gasteiger partial charge in [0.1, 0.15) is 11.6 Å². The summed E-state index contributed by atoms with van der Waals surface area (Å²) in [6.07, 6.45) is 1.46. The fourth-order valence-corrected chi connectivity index (χ4v) is 2.82. The molecule has 1 amide bonds. The van der Waals surface area contributed by atoms with Crippen LogP contribution in [0, 0.1) is 11.3 Å². The average molecular weight is 415 g/mol. The molecule has 1 atom stereocenters. The summed E-state index contributed by atoms with van der Waals surface area (Å²) >= 11 is 3.24. The van der Waals surface area contributed by atoms with Crippen LogP contribution in [-0.4, -0.2) is 17.6 Å². The van der Waals surface area contributed by atoms with E-state index in [2.05, 4.69) is 21.2 Å². The third kappa shape index (κ3) is 4.87. The summed E-state index contributed by atoms with van der Waals surface area (Å²) in [7, 11) is 0. The number of aromatic hydroxyl groups is 1. The van der Waals surface area contributed by atoms with Gasteiger partial charge in [-0.1, -0.05) is 30.3 Å². The van der Waals surface area contributed by atoms with Gasteiger partial charge in [0, 0.05) is 0 Å². The van der Waals surface area contributed by atoms with Crippen LogP contribution in [0.25, 0.3) is 6.08 Å². The minimum Gasteiger partial charge on any atom is -0.503 e.